The van der Waals surface area contributed by atoms with Gasteiger partial charge in [0.1, 0.15) is 18.1 Å². The summed E-state index contributed by atoms with van der Waals surface area (Å²) >= 11 is 0. The van der Waals surface area contributed by atoms with Crippen LogP contribution in [0.25, 0.3) is 0 Å². The maximum absolute atomic E-state index is 12.6. The minimum Gasteiger partial charge on any atom is -0.366 e. The van der Waals surface area contributed by atoms with Crippen molar-refractivity contribution in [3.05, 3.63) is 0 Å². The molecule has 1 rings (SSSR count). The van der Waals surface area contributed by atoms with E-state index in [-0.39, 0.29) is 18.6 Å². The van der Waals surface area contributed by atoms with E-state index in [1.165, 1.54) is 7.11 Å². The first-order valence-corrected chi connectivity index (χ1v) is 5.97. The van der Waals surface area contributed by atoms with Gasteiger partial charge in [-0.1, -0.05) is 20.8 Å². The summed E-state index contributed by atoms with van der Waals surface area (Å²) in [7, 11) is 1.32. The van der Waals surface area contributed by atoms with Crippen molar-refractivity contribution >= 4 is 5.78 Å². The topological polar surface area (TPSA) is 38.3 Å². The maximum Gasteiger partial charge on any atom is 0.403 e. The molecule has 18 heavy (non-hydrogen) atoms. The number of rotatable bonds is 2. The Morgan fingerprint density at radius 2 is 1.78 bits per heavy atom. The van der Waals surface area contributed by atoms with Gasteiger partial charge in [-0.3, -0.25) is 10.1 Å². The third-order valence-electron chi connectivity index (χ3n) is 3.22. The molecule has 3 unspecified atom stereocenters. The molecule has 6 heteroatoms. The summed E-state index contributed by atoms with van der Waals surface area (Å²) in [5.74, 6) is -0.587. The van der Waals surface area contributed by atoms with Gasteiger partial charge in [0.2, 0.25) is 0 Å². The van der Waals surface area contributed by atoms with Gasteiger partial charge in [0.25, 0.3) is 0 Å². The molecule has 1 aliphatic heterocycles. The van der Waals surface area contributed by atoms with E-state index in [1.807, 2.05) is 0 Å². The van der Waals surface area contributed by atoms with Crippen LogP contribution >= 0.6 is 0 Å². The zero-order valence-corrected chi connectivity index (χ0v) is 11.1. The highest BCUT2D eigenvalue weighted by Crippen LogP contribution is 2.34. The lowest BCUT2D eigenvalue weighted by Gasteiger charge is -2.38. The van der Waals surface area contributed by atoms with Gasteiger partial charge in [-0.2, -0.15) is 13.2 Å². The zero-order chi connectivity index (χ0) is 14.1. The van der Waals surface area contributed by atoms with Gasteiger partial charge in [0.15, 0.2) is 0 Å². The summed E-state index contributed by atoms with van der Waals surface area (Å²) < 4.78 is 42.8. The Morgan fingerprint density at radius 3 is 2.17 bits per heavy atom. The van der Waals surface area contributed by atoms with E-state index < -0.39 is 29.8 Å². The number of carbonyl (C=O) groups is 1. The lowest BCUT2D eigenvalue weighted by molar-refractivity contribution is -0.182. The first-order valence-electron chi connectivity index (χ1n) is 5.97. The number of piperidine rings is 1. The molecule has 1 fully saturated rings. The number of carbonyl (C=O) groups excluding carboxylic acids is 1. The third-order valence-corrected chi connectivity index (χ3v) is 3.22. The molecule has 3 nitrogen and oxygen atoms in total. The van der Waals surface area contributed by atoms with Crippen molar-refractivity contribution < 1.29 is 22.7 Å². The molecule has 0 aromatic carbocycles. The van der Waals surface area contributed by atoms with Gasteiger partial charge < -0.3 is 4.74 Å². The quantitative estimate of drug-likeness (QED) is 0.835. The largest absolute Gasteiger partial charge is 0.403 e. The predicted octanol–water partition coefficient (Wildman–Crippen LogP) is 2.50. The highest BCUT2D eigenvalue weighted by molar-refractivity contribution is 5.86. The summed E-state index contributed by atoms with van der Waals surface area (Å²) in [4.78, 5) is 12.1. The van der Waals surface area contributed by atoms with Crippen LogP contribution in [0.3, 0.4) is 0 Å². The Morgan fingerprint density at radius 1 is 1.22 bits per heavy atom. The Bertz CT molecular complexity index is 309. The van der Waals surface area contributed by atoms with Gasteiger partial charge in [-0.25, -0.2) is 0 Å². The average molecular weight is 267 g/mol. The second kappa shape index (κ2) is 5.17. The van der Waals surface area contributed by atoms with Gasteiger partial charge in [0, 0.05) is 12.5 Å². The van der Waals surface area contributed by atoms with E-state index in [4.69, 9.17) is 4.74 Å². The van der Waals surface area contributed by atoms with E-state index >= 15 is 0 Å². The van der Waals surface area contributed by atoms with Crippen LogP contribution < -0.4 is 5.32 Å². The smallest absolute Gasteiger partial charge is 0.366 e. The molecule has 0 saturated carbocycles. The predicted molar refractivity (Wildman–Crippen MR) is 61.0 cm³/mol. The highest BCUT2D eigenvalue weighted by atomic mass is 19.4. The van der Waals surface area contributed by atoms with Crippen LogP contribution in [0.15, 0.2) is 0 Å². The maximum atomic E-state index is 12.6. The monoisotopic (exact) mass is 267 g/mol. The van der Waals surface area contributed by atoms with Crippen molar-refractivity contribution in [3.8, 4) is 0 Å². The van der Waals surface area contributed by atoms with E-state index in [2.05, 4.69) is 5.32 Å². The molecule has 106 valence electrons. The van der Waals surface area contributed by atoms with Gasteiger partial charge in [-0.05, 0) is 12.8 Å². The number of ether oxygens (including phenoxy) is 1. The third kappa shape index (κ3) is 3.45. The van der Waals surface area contributed by atoms with Crippen LogP contribution in [0.2, 0.25) is 0 Å². The van der Waals surface area contributed by atoms with Gasteiger partial charge >= 0.3 is 6.18 Å². The normalized spacial score (nSPS) is 30.3. The van der Waals surface area contributed by atoms with Crippen LogP contribution in [0.5, 0.6) is 0 Å². The van der Waals surface area contributed by atoms with Crippen LogP contribution in [-0.2, 0) is 9.53 Å². The number of hydrogen-bond donors (Lipinski definition) is 1. The van der Waals surface area contributed by atoms with Crippen LogP contribution in [0.4, 0.5) is 13.2 Å². The van der Waals surface area contributed by atoms with E-state index in [0.717, 1.165) is 0 Å². The lowest BCUT2D eigenvalue weighted by Crippen LogP contribution is -2.57. The summed E-state index contributed by atoms with van der Waals surface area (Å²) in [5.41, 5.74) is -0.575. The van der Waals surface area contributed by atoms with Crippen molar-refractivity contribution in [2.24, 2.45) is 11.3 Å². The minimum absolute atomic E-state index is 0.0672. The fourth-order valence-corrected chi connectivity index (χ4v) is 2.21. The fraction of sp³-hybridized carbons (Fsp3) is 0.917. The van der Waals surface area contributed by atoms with E-state index in [0.29, 0.717) is 0 Å². The number of alkyl halides is 3. The van der Waals surface area contributed by atoms with E-state index in [9.17, 15) is 18.0 Å². The first kappa shape index (κ1) is 15.4. The Balaban J connectivity index is 2.79. The molecule has 1 saturated heterocycles. The van der Waals surface area contributed by atoms with Crippen molar-refractivity contribution in [3.63, 3.8) is 0 Å². The molecule has 0 bridgehead atoms. The Kier molecular flexibility index (Phi) is 4.43. The summed E-state index contributed by atoms with van der Waals surface area (Å²) in [6.07, 6.45) is -5.05. The standard InChI is InChI=1S/C12H20F3NO2/c1-11(2,3)9(17)7-5-6-8(12(13,14)15)16-10(7)18-4/h7-8,10,16H,5-6H2,1-4H3. The number of hydrogen-bond acceptors (Lipinski definition) is 3. The fourth-order valence-electron chi connectivity index (χ4n) is 2.21. The van der Waals surface area contributed by atoms with Gasteiger partial charge in [-0.15, -0.1) is 0 Å². The molecule has 0 radical (unpaired) electrons. The van der Waals surface area contributed by atoms with Crippen LogP contribution in [0, 0.1) is 11.3 Å². The van der Waals surface area contributed by atoms with Crippen molar-refractivity contribution in [1.29, 1.82) is 0 Å². The lowest BCUT2D eigenvalue weighted by atomic mass is 9.78. The Labute approximate surface area is 105 Å². The van der Waals surface area contributed by atoms with Gasteiger partial charge in [0.05, 0.1) is 5.92 Å². The summed E-state index contributed by atoms with van der Waals surface area (Å²) in [6.45, 7) is 5.29. The molecule has 1 N–H and O–H groups in total. The number of ketones is 1. The summed E-state index contributed by atoms with van der Waals surface area (Å²) in [6, 6.07) is -1.59. The molecule has 1 aliphatic rings. The SMILES string of the molecule is COC1NC(C(F)(F)F)CCC1C(=O)C(C)(C)C. The average Bonchev–Trinajstić information content (AvgIpc) is 2.24. The first-order chi connectivity index (χ1) is 8.07. The molecule has 0 amide bonds. The molecule has 1 heterocycles. The Hall–Kier alpha value is -0.620. The van der Waals surface area contributed by atoms with Crippen molar-refractivity contribution in [2.75, 3.05) is 7.11 Å². The molecular weight excluding hydrogens is 247 g/mol. The molecular formula is C12H20F3NO2. The molecule has 3 atom stereocenters. The van der Waals surface area contributed by atoms with Crippen LogP contribution in [0.1, 0.15) is 33.6 Å². The minimum atomic E-state index is -4.30. The van der Waals surface area contributed by atoms with Crippen LogP contribution in [-0.4, -0.2) is 31.3 Å². The number of halogens is 3. The van der Waals surface area contributed by atoms with Crippen molar-refractivity contribution in [1.82, 2.24) is 5.32 Å². The number of Topliss-reactive ketones (excluding diaryl/α,β-unsaturated/α-hetero) is 1. The van der Waals surface area contributed by atoms with E-state index in [1.54, 1.807) is 20.8 Å². The second-order valence-corrected chi connectivity index (χ2v) is 5.72. The molecule has 0 spiro atoms. The molecule has 0 aromatic rings. The highest BCUT2D eigenvalue weighted by Gasteiger charge is 2.47. The van der Waals surface area contributed by atoms with Crippen molar-refractivity contribution in [2.45, 2.75) is 52.1 Å². The molecule has 0 aliphatic carbocycles. The molecule has 0 aromatic heterocycles. The summed E-state index contributed by atoms with van der Waals surface area (Å²) in [5, 5.41) is 2.38. The second-order valence-electron chi connectivity index (χ2n) is 5.72. The number of nitrogens with one attached hydrogen (secondary N) is 1. The number of methoxy groups -OCH3 is 1. The zero-order valence-electron chi connectivity index (χ0n) is 11.1.